The summed E-state index contributed by atoms with van der Waals surface area (Å²) < 4.78 is 26.5. The van der Waals surface area contributed by atoms with E-state index in [2.05, 4.69) is 20.8 Å². The molecule has 0 aliphatic carbocycles. The number of carbonyl (C=O) groups is 1. The van der Waals surface area contributed by atoms with Crippen LogP contribution in [0.25, 0.3) is 0 Å². The number of benzene rings is 1. The second kappa shape index (κ2) is 6.99. The first-order valence-corrected chi connectivity index (χ1v) is 8.66. The van der Waals surface area contributed by atoms with Crippen molar-refractivity contribution in [1.29, 1.82) is 0 Å². The van der Waals surface area contributed by atoms with Crippen molar-refractivity contribution in [3.63, 3.8) is 0 Å². The third kappa shape index (κ3) is 4.45. The number of carbonyl (C=O) groups excluding carboxylic acids is 1. The Hall–Kier alpha value is -1.10. The maximum Gasteiger partial charge on any atom is 0.254 e. The summed E-state index contributed by atoms with van der Waals surface area (Å²) in [5, 5.41) is 0. The van der Waals surface area contributed by atoms with E-state index in [1.807, 2.05) is 16.7 Å². The van der Waals surface area contributed by atoms with Crippen LogP contribution in [0.4, 0.5) is 8.78 Å². The number of piperidine rings is 1. The highest BCUT2D eigenvalue weighted by Crippen LogP contribution is 2.29. The molecule has 0 N–H and O–H groups in total. The maximum atomic E-state index is 13.4. The summed E-state index contributed by atoms with van der Waals surface area (Å²) >= 11 is 1.83. The Labute approximate surface area is 135 Å². The first-order chi connectivity index (χ1) is 10.3. The van der Waals surface area contributed by atoms with E-state index in [0.29, 0.717) is 6.54 Å². The van der Waals surface area contributed by atoms with Crippen LogP contribution in [0.5, 0.6) is 0 Å². The van der Waals surface area contributed by atoms with Gasteiger partial charge in [-0.3, -0.25) is 4.79 Å². The summed E-state index contributed by atoms with van der Waals surface area (Å²) in [4.78, 5) is 14.5. The smallest absolute Gasteiger partial charge is 0.254 e. The maximum absolute atomic E-state index is 13.4. The van der Waals surface area contributed by atoms with E-state index in [-0.39, 0.29) is 22.3 Å². The molecule has 1 heterocycles. The average Bonchev–Trinajstić information content (AvgIpc) is 2.47. The fourth-order valence-electron chi connectivity index (χ4n) is 2.58. The molecule has 1 aromatic rings. The van der Waals surface area contributed by atoms with E-state index in [1.165, 1.54) is 6.07 Å². The molecule has 0 unspecified atom stereocenters. The lowest BCUT2D eigenvalue weighted by atomic mass is 10.0. The first kappa shape index (κ1) is 17.3. The van der Waals surface area contributed by atoms with Gasteiger partial charge >= 0.3 is 0 Å². The molecule has 22 heavy (non-hydrogen) atoms. The Bertz CT molecular complexity index is 542. The monoisotopic (exact) mass is 327 g/mol. The number of hydrogen-bond acceptors (Lipinski definition) is 2. The summed E-state index contributed by atoms with van der Waals surface area (Å²) in [7, 11) is 0. The minimum Gasteiger partial charge on any atom is -0.335 e. The number of likely N-dealkylation sites (tertiary alicyclic amines) is 1. The van der Waals surface area contributed by atoms with E-state index in [9.17, 15) is 13.6 Å². The molecule has 1 saturated heterocycles. The molecule has 1 atom stereocenters. The molecule has 1 aliphatic heterocycles. The van der Waals surface area contributed by atoms with Crippen LogP contribution in [0, 0.1) is 11.6 Å². The van der Waals surface area contributed by atoms with Crippen LogP contribution in [0.1, 0.15) is 50.4 Å². The van der Waals surface area contributed by atoms with Crippen molar-refractivity contribution in [2.24, 2.45) is 0 Å². The predicted molar refractivity (Wildman–Crippen MR) is 87.2 cm³/mol. The highest BCUT2D eigenvalue weighted by Gasteiger charge is 2.29. The molecule has 2 rings (SSSR count). The van der Waals surface area contributed by atoms with Crippen molar-refractivity contribution in [3.05, 3.63) is 35.4 Å². The number of halogens is 2. The molecule has 2 nitrogen and oxygen atoms in total. The average molecular weight is 327 g/mol. The molecule has 1 aliphatic rings. The molecule has 122 valence electrons. The number of amides is 1. The van der Waals surface area contributed by atoms with Crippen molar-refractivity contribution in [3.8, 4) is 0 Å². The molecular weight excluding hydrogens is 304 g/mol. The lowest BCUT2D eigenvalue weighted by molar-refractivity contribution is 0.0639. The van der Waals surface area contributed by atoms with E-state index in [0.717, 1.165) is 37.1 Å². The fourth-order valence-corrected chi connectivity index (χ4v) is 3.62. The Morgan fingerprint density at radius 2 is 2.00 bits per heavy atom. The highest BCUT2D eigenvalue weighted by molar-refractivity contribution is 8.00. The molecule has 0 aromatic heterocycles. The Balaban J connectivity index is 2.12. The summed E-state index contributed by atoms with van der Waals surface area (Å²) in [6, 6.07) is 3.55. The van der Waals surface area contributed by atoms with Crippen LogP contribution in [-0.4, -0.2) is 33.9 Å². The number of hydrogen-bond donors (Lipinski definition) is 0. The van der Waals surface area contributed by atoms with Gasteiger partial charge in [0.2, 0.25) is 0 Å². The molecule has 0 saturated carbocycles. The molecular formula is C17H23F2NOS. The second-order valence-electron chi connectivity index (χ2n) is 6.70. The molecule has 0 spiro atoms. The zero-order chi connectivity index (χ0) is 16.3. The highest BCUT2D eigenvalue weighted by atomic mass is 32.2. The van der Waals surface area contributed by atoms with Crippen LogP contribution < -0.4 is 0 Å². The van der Waals surface area contributed by atoms with Crippen molar-refractivity contribution >= 4 is 17.7 Å². The molecule has 0 bridgehead atoms. The van der Waals surface area contributed by atoms with Gasteiger partial charge < -0.3 is 4.90 Å². The molecule has 1 fully saturated rings. The standard InChI is InChI=1S/C17H23F2NOS/c1-17(2,3)22-11-13-6-4-5-9-20(13)16(21)12-7-8-14(18)15(19)10-12/h7-8,10,13H,4-6,9,11H2,1-3H3/t13-/m0/s1. The summed E-state index contributed by atoms with van der Waals surface area (Å²) in [5.41, 5.74) is 0.228. The molecule has 1 amide bonds. The van der Waals surface area contributed by atoms with E-state index in [1.54, 1.807) is 0 Å². The van der Waals surface area contributed by atoms with Gasteiger partial charge in [-0.25, -0.2) is 8.78 Å². The Morgan fingerprint density at radius 3 is 2.64 bits per heavy atom. The van der Waals surface area contributed by atoms with Gasteiger partial charge in [0.1, 0.15) is 0 Å². The third-order valence-corrected chi connectivity index (χ3v) is 5.18. The van der Waals surface area contributed by atoms with Gasteiger partial charge in [-0.2, -0.15) is 11.8 Å². The van der Waals surface area contributed by atoms with Crippen LogP contribution >= 0.6 is 11.8 Å². The number of nitrogens with zero attached hydrogens (tertiary/aromatic N) is 1. The van der Waals surface area contributed by atoms with E-state index >= 15 is 0 Å². The minimum absolute atomic E-state index is 0.147. The fraction of sp³-hybridized carbons (Fsp3) is 0.588. The zero-order valence-corrected chi connectivity index (χ0v) is 14.2. The Morgan fingerprint density at radius 1 is 1.27 bits per heavy atom. The predicted octanol–water partition coefficient (Wildman–Crippen LogP) is 4.49. The molecule has 1 aromatic carbocycles. The second-order valence-corrected chi connectivity index (χ2v) is 8.55. The third-order valence-electron chi connectivity index (χ3n) is 3.76. The van der Waals surface area contributed by atoms with Gasteiger partial charge in [-0.1, -0.05) is 20.8 Å². The van der Waals surface area contributed by atoms with Crippen LogP contribution in [0.15, 0.2) is 18.2 Å². The van der Waals surface area contributed by atoms with Gasteiger partial charge in [-0.15, -0.1) is 0 Å². The van der Waals surface area contributed by atoms with Crippen molar-refractivity contribution in [1.82, 2.24) is 4.90 Å². The van der Waals surface area contributed by atoms with Crippen LogP contribution in [-0.2, 0) is 0 Å². The normalized spacial score (nSPS) is 19.3. The van der Waals surface area contributed by atoms with Crippen LogP contribution in [0.3, 0.4) is 0 Å². The minimum atomic E-state index is -0.969. The molecule has 0 radical (unpaired) electrons. The summed E-state index contributed by atoms with van der Waals surface area (Å²) in [6.07, 6.45) is 3.04. The van der Waals surface area contributed by atoms with Gasteiger partial charge in [0.05, 0.1) is 0 Å². The topological polar surface area (TPSA) is 20.3 Å². The van der Waals surface area contributed by atoms with Crippen molar-refractivity contribution in [2.75, 3.05) is 12.3 Å². The zero-order valence-electron chi connectivity index (χ0n) is 13.4. The summed E-state index contributed by atoms with van der Waals surface area (Å²) in [6.45, 7) is 7.15. The lowest BCUT2D eigenvalue weighted by Crippen LogP contribution is -2.45. The Kier molecular flexibility index (Phi) is 5.48. The number of thioether (sulfide) groups is 1. The van der Waals surface area contributed by atoms with Crippen molar-refractivity contribution < 1.29 is 13.6 Å². The summed E-state index contributed by atoms with van der Waals surface area (Å²) in [5.74, 6) is -1.21. The van der Waals surface area contributed by atoms with Gasteiger partial charge in [0.25, 0.3) is 5.91 Å². The quantitative estimate of drug-likeness (QED) is 0.815. The van der Waals surface area contributed by atoms with Gasteiger partial charge in [-0.05, 0) is 37.5 Å². The van der Waals surface area contributed by atoms with Gasteiger partial charge in [0.15, 0.2) is 11.6 Å². The van der Waals surface area contributed by atoms with Gasteiger partial charge in [0, 0.05) is 28.6 Å². The SMILES string of the molecule is CC(C)(C)SC[C@@H]1CCCCN1C(=O)c1ccc(F)c(F)c1. The number of rotatable bonds is 3. The van der Waals surface area contributed by atoms with E-state index < -0.39 is 11.6 Å². The van der Waals surface area contributed by atoms with E-state index in [4.69, 9.17) is 0 Å². The molecule has 5 heteroatoms. The largest absolute Gasteiger partial charge is 0.335 e. The van der Waals surface area contributed by atoms with Crippen molar-refractivity contribution in [2.45, 2.75) is 50.8 Å². The van der Waals surface area contributed by atoms with Crippen LogP contribution in [0.2, 0.25) is 0 Å². The lowest BCUT2D eigenvalue weighted by Gasteiger charge is -2.37. The first-order valence-electron chi connectivity index (χ1n) is 7.68.